The molecule has 1 saturated heterocycles. The van der Waals surface area contributed by atoms with Gasteiger partial charge in [-0.05, 0) is 70.6 Å². The van der Waals surface area contributed by atoms with E-state index in [1.165, 1.54) is 58.7 Å². The number of hydrogen-bond donors (Lipinski definition) is 3. The van der Waals surface area contributed by atoms with Crippen LogP contribution in [0.1, 0.15) is 27.2 Å². The summed E-state index contributed by atoms with van der Waals surface area (Å²) in [5, 5.41) is 23.0. The number of amides is 2. The Kier molecular flexibility index (Phi) is 7.94. The Hall–Kier alpha value is -3.38. The van der Waals surface area contributed by atoms with Crippen LogP contribution in [-0.4, -0.2) is 43.8 Å². The van der Waals surface area contributed by atoms with Crippen molar-refractivity contribution in [3.05, 3.63) is 80.6 Å². The third-order valence-electron chi connectivity index (χ3n) is 5.30. The van der Waals surface area contributed by atoms with E-state index < -0.39 is 11.8 Å². The molecule has 0 radical (unpaired) electrons. The molecule has 4 rings (SSSR count). The van der Waals surface area contributed by atoms with E-state index in [4.69, 9.17) is 17.3 Å². The van der Waals surface area contributed by atoms with Gasteiger partial charge in [-0.25, -0.2) is 9.18 Å². The Bertz CT molecular complexity index is 1380. The molecule has 1 aromatic heterocycles. The van der Waals surface area contributed by atoms with Crippen molar-refractivity contribution in [3.8, 4) is 11.1 Å². The van der Waals surface area contributed by atoms with Crippen molar-refractivity contribution in [2.75, 3.05) is 11.9 Å². The van der Waals surface area contributed by atoms with Gasteiger partial charge in [-0.3, -0.25) is 14.5 Å². The van der Waals surface area contributed by atoms with Crippen molar-refractivity contribution in [2.45, 2.75) is 13.0 Å². The fraction of sp³-hybridized carbons (Fsp3) is 0.120. The van der Waals surface area contributed by atoms with Gasteiger partial charge in [0.25, 0.3) is 5.91 Å². The van der Waals surface area contributed by atoms with Crippen LogP contribution in [0.2, 0.25) is 0 Å². The van der Waals surface area contributed by atoms with Crippen molar-refractivity contribution in [3.63, 3.8) is 0 Å². The summed E-state index contributed by atoms with van der Waals surface area (Å²) in [7, 11) is 0. The summed E-state index contributed by atoms with van der Waals surface area (Å²) >= 11 is 7.85. The molecule has 0 atom stereocenters. The SMILES string of the molecule is O=C(CCN1C(=O)C(=Cc2cc(-c3cc(F)ccc3CO)cs2)SC1=S)Nc1ccc(C(=O)O)cc1. The first-order chi connectivity index (χ1) is 17.2. The molecular formula is C25H19FN2O5S3. The van der Waals surface area contributed by atoms with Crippen LogP contribution in [-0.2, 0) is 16.2 Å². The van der Waals surface area contributed by atoms with Gasteiger partial charge in [0.15, 0.2) is 0 Å². The average molecular weight is 543 g/mol. The van der Waals surface area contributed by atoms with Crippen molar-refractivity contribution in [1.29, 1.82) is 0 Å². The first-order valence-corrected chi connectivity index (χ1v) is 12.7. The fourth-order valence-electron chi connectivity index (χ4n) is 3.48. The molecule has 2 aromatic carbocycles. The molecule has 11 heteroatoms. The van der Waals surface area contributed by atoms with Crippen LogP contribution < -0.4 is 5.32 Å². The Labute approximate surface area is 219 Å². The first-order valence-electron chi connectivity index (χ1n) is 10.6. The quantitative estimate of drug-likeness (QED) is 0.272. The van der Waals surface area contributed by atoms with E-state index >= 15 is 0 Å². The van der Waals surface area contributed by atoms with Gasteiger partial charge in [-0.2, -0.15) is 0 Å². The summed E-state index contributed by atoms with van der Waals surface area (Å²) in [6.07, 6.45) is 1.71. The van der Waals surface area contributed by atoms with Crippen LogP contribution in [0.3, 0.4) is 0 Å². The van der Waals surface area contributed by atoms with E-state index in [2.05, 4.69) is 5.32 Å². The lowest BCUT2D eigenvalue weighted by molar-refractivity contribution is -0.122. The molecule has 3 aromatic rings. The minimum absolute atomic E-state index is 0.00700. The highest BCUT2D eigenvalue weighted by Crippen LogP contribution is 2.36. The number of nitrogens with zero attached hydrogens (tertiary/aromatic N) is 1. The number of thioether (sulfide) groups is 1. The highest BCUT2D eigenvalue weighted by atomic mass is 32.2. The number of aromatic carboxylic acids is 1. The lowest BCUT2D eigenvalue weighted by atomic mass is 10.0. The maximum Gasteiger partial charge on any atom is 0.335 e. The minimum atomic E-state index is -1.06. The van der Waals surface area contributed by atoms with Gasteiger partial charge in [-0.1, -0.05) is 30.0 Å². The Morgan fingerprint density at radius 1 is 1.14 bits per heavy atom. The molecule has 36 heavy (non-hydrogen) atoms. The van der Waals surface area contributed by atoms with E-state index in [0.29, 0.717) is 26.0 Å². The van der Waals surface area contributed by atoms with Crippen LogP contribution in [0.4, 0.5) is 10.1 Å². The molecule has 2 heterocycles. The van der Waals surface area contributed by atoms with Gasteiger partial charge >= 0.3 is 5.97 Å². The molecule has 184 valence electrons. The van der Waals surface area contributed by atoms with Gasteiger partial charge in [0.1, 0.15) is 10.1 Å². The molecule has 0 bridgehead atoms. The standard InChI is InChI=1S/C25H19FN2O5S3/c26-17-4-1-15(12-29)20(10-17)16-9-19(35-13-16)11-21-23(31)28(25(34)36-21)8-7-22(30)27-18-5-2-14(3-6-18)24(32)33/h1-6,9-11,13,29H,7-8,12H2,(H,27,30)(H,32,33). The van der Waals surface area contributed by atoms with Crippen molar-refractivity contribution in [1.82, 2.24) is 4.90 Å². The molecule has 1 aliphatic rings. The topological polar surface area (TPSA) is 107 Å². The molecular weight excluding hydrogens is 523 g/mol. The Morgan fingerprint density at radius 3 is 2.58 bits per heavy atom. The Balaban J connectivity index is 1.39. The highest BCUT2D eigenvalue weighted by molar-refractivity contribution is 8.26. The van der Waals surface area contributed by atoms with Gasteiger partial charge in [-0.15, -0.1) is 11.3 Å². The van der Waals surface area contributed by atoms with Crippen LogP contribution in [0.5, 0.6) is 0 Å². The lowest BCUT2D eigenvalue weighted by Crippen LogP contribution is -2.31. The number of aliphatic hydroxyl groups excluding tert-OH is 1. The number of carbonyl (C=O) groups is 3. The van der Waals surface area contributed by atoms with Gasteiger partial charge < -0.3 is 15.5 Å². The summed E-state index contributed by atoms with van der Waals surface area (Å²) < 4.78 is 14.1. The van der Waals surface area contributed by atoms with Gasteiger partial charge in [0, 0.05) is 23.5 Å². The third kappa shape index (κ3) is 5.88. The second-order valence-corrected chi connectivity index (χ2v) is 10.3. The number of carboxylic acid groups (broad SMARTS) is 1. The van der Waals surface area contributed by atoms with E-state index in [1.807, 2.05) is 11.4 Å². The average Bonchev–Trinajstić information content (AvgIpc) is 3.42. The summed E-state index contributed by atoms with van der Waals surface area (Å²) in [6.45, 7) is -0.124. The summed E-state index contributed by atoms with van der Waals surface area (Å²) in [4.78, 5) is 38.7. The summed E-state index contributed by atoms with van der Waals surface area (Å²) in [5.74, 6) is -2.11. The number of thiocarbonyl (C=S) groups is 1. The van der Waals surface area contributed by atoms with Crippen molar-refractivity contribution in [2.24, 2.45) is 0 Å². The molecule has 2 amide bonds. The number of rotatable bonds is 8. The summed E-state index contributed by atoms with van der Waals surface area (Å²) in [5.41, 5.74) is 2.48. The number of aliphatic hydroxyl groups is 1. The van der Waals surface area contributed by atoms with Gasteiger partial charge in [0.2, 0.25) is 5.91 Å². The second-order valence-electron chi connectivity index (χ2n) is 7.71. The number of nitrogens with one attached hydrogen (secondary N) is 1. The first kappa shape index (κ1) is 25.7. The number of thiophene rings is 1. The largest absolute Gasteiger partial charge is 0.478 e. The number of carbonyl (C=O) groups excluding carboxylic acids is 2. The number of halogens is 1. The monoisotopic (exact) mass is 542 g/mol. The molecule has 1 fully saturated rings. The zero-order chi connectivity index (χ0) is 25.8. The minimum Gasteiger partial charge on any atom is -0.478 e. The van der Waals surface area contributed by atoms with E-state index in [0.717, 1.165) is 22.2 Å². The molecule has 0 saturated carbocycles. The van der Waals surface area contributed by atoms with Crippen LogP contribution in [0.15, 0.2) is 58.8 Å². The van der Waals surface area contributed by atoms with E-state index in [1.54, 1.807) is 6.08 Å². The second kappa shape index (κ2) is 11.1. The molecule has 0 unspecified atom stereocenters. The zero-order valence-corrected chi connectivity index (χ0v) is 21.0. The van der Waals surface area contributed by atoms with Crippen molar-refractivity contribution >= 4 is 69.2 Å². The normalized spacial score (nSPS) is 14.5. The maximum absolute atomic E-state index is 13.7. The molecule has 3 N–H and O–H groups in total. The predicted octanol–water partition coefficient (Wildman–Crippen LogP) is 4.97. The maximum atomic E-state index is 13.7. The zero-order valence-electron chi connectivity index (χ0n) is 18.6. The predicted molar refractivity (Wildman–Crippen MR) is 142 cm³/mol. The molecule has 0 aliphatic carbocycles. The van der Waals surface area contributed by atoms with Gasteiger partial charge in [0.05, 0.1) is 17.1 Å². The lowest BCUT2D eigenvalue weighted by Gasteiger charge is -2.14. The number of benzene rings is 2. The highest BCUT2D eigenvalue weighted by Gasteiger charge is 2.32. The Morgan fingerprint density at radius 2 is 1.89 bits per heavy atom. The van der Waals surface area contributed by atoms with Crippen LogP contribution in [0, 0.1) is 5.82 Å². The molecule has 1 aliphatic heterocycles. The van der Waals surface area contributed by atoms with Crippen molar-refractivity contribution < 1.29 is 29.0 Å². The smallest absolute Gasteiger partial charge is 0.335 e. The summed E-state index contributed by atoms with van der Waals surface area (Å²) in [6, 6.07) is 11.8. The van der Waals surface area contributed by atoms with E-state index in [9.17, 15) is 23.9 Å². The number of anilines is 1. The number of carboxylic acids is 1. The third-order valence-corrected chi connectivity index (χ3v) is 7.56. The molecule has 0 spiro atoms. The van der Waals surface area contributed by atoms with Crippen LogP contribution >= 0.6 is 35.3 Å². The van der Waals surface area contributed by atoms with Crippen LogP contribution in [0.25, 0.3) is 17.2 Å². The fourth-order valence-corrected chi connectivity index (χ4v) is 5.69. The van der Waals surface area contributed by atoms with E-state index in [-0.39, 0.29) is 37.0 Å². The molecule has 7 nitrogen and oxygen atoms in total. The number of hydrogen-bond acceptors (Lipinski definition) is 7.